The number of benzene rings is 2. The number of carbonyl (C=O) groups excluding carboxylic acids is 1. The summed E-state index contributed by atoms with van der Waals surface area (Å²) in [4.78, 5) is 41.7. The van der Waals surface area contributed by atoms with E-state index in [9.17, 15) is 14.4 Å². The van der Waals surface area contributed by atoms with Gasteiger partial charge in [0.1, 0.15) is 5.82 Å². The van der Waals surface area contributed by atoms with Crippen molar-refractivity contribution in [3.05, 3.63) is 99.0 Å². The zero-order valence-corrected chi connectivity index (χ0v) is 17.3. The van der Waals surface area contributed by atoms with E-state index < -0.39 is 17.2 Å². The standard InChI is InChI=1S/C22H21N7O3/c1-2-27(21(31)17-14-29(26-25-17)16-11-7-4-8-12-16)18-19(23)28(22(32)24-20(18)30)13-15-9-5-3-6-10-15/h3-12,14H,2,13,23H2,1H3,(H,24,30,32). The Morgan fingerprint density at radius 1 is 1.06 bits per heavy atom. The number of H-pyrrole nitrogens is 1. The summed E-state index contributed by atoms with van der Waals surface area (Å²) in [5.74, 6) is -0.662. The van der Waals surface area contributed by atoms with E-state index in [1.165, 1.54) is 20.3 Å². The van der Waals surface area contributed by atoms with Crippen LogP contribution < -0.4 is 21.9 Å². The van der Waals surface area contributed by atoms with Crippen molar-refractivity contribution in [1.82, 2.24) is 24.5 Å². The van der Waals surface area contributed by atoms with E-state index in [0.29, 0.717) is 0 Å². The summed E-state index contributed by atoms with van der Waals surface area (Å²) in [6.07, 6.45) is 1.48. The van der Waals surface area contributed by atoms with Crippen LogP contribution in [0.4, 0.5) is 11.5 Å². The Balaban J connectivity index is 1.72. The Hall–Kier alpha value is -4.47. The normalized spacial score (nSPS) is 10.8. The SMILES string of the molecule is CCN(C(=O)c1cn(-c2ccccc2)nn1)c1c(N)n(Cc2ccccc2)c(=O)[nH]c1=O. The Bertz CT molecular complexity index is 1360. The molecule has 2 aromatic carbocycles. The average molecular weight is 431 g/mol. The van der Waals surface area contributed by atoms with Gasteiger partial charge < -0.3 is 5.73 Å². The van der Waals surface area contributed by atoms with Crippen LogP contribution in [-0.4, -0.2) is 37.0 Å². The fourth-order valence-electron chi connectivity index (χ4n) is 3.37. The van der Waals surface area contributed by atoms with Crippen LogP contribution >= 0.6 is 0 Å². The van der Waals surface area contributed by atoms with Gasteiger partial charge in [-0.2, -0.15) is 0 Å². The molecule has 2 heterocycles. The van der Waals surface area contributed by atoms with Crippen LogP contribution in [0.2, 0.25) is 0 Å². The second-order valence-electron chi connectivity index (χ2n) is 7.00. The number of nitrogens with two attached hydrogens (primary N) is 1. The molecule has 2 aromatic heterocycles. The number of nitrogen functional groups attached to an aromatic ring is 1. The summed E-state index contributed by atoms with van der Waals surface area (Å²) in [7, 11) is 0. The number of nitrogens with one attached hydrogen (secondary N) is 1. The second-order valence-corrected chi connectivity index (χ2v) is 7.00. The molecule has 0 aliphatic carbocycles. The van der Waals surface area contributed by atoms with E-state index in [1.54, 1.807) is 6.92 Å². The van der Waals surface area contributed by atoms with Gasteiger partial charge in [-0.3, -0.25) is 24.0 Å². The van der Waals surface area contributed by atoms with Crippen molar-refractivity contribution in [2.45, 2.75) is 13.5 Å². The lowest BCUT2D eigenvalue weighted by Crippen LogP contribution is -2.41. The number of hydrogen-bond acceptors (Lipinski definition) is 6. The van der Waals surface area contributed by atoms with Gasteiger partial charge in [-0.1, -0.05) is 53.7 Å². The monoisotopic (exact) mass is 431 g/mol. The van der Waals surface area contributed by atoms with Gasteiger partial charge in [-0.15, -0.1) is 5.10 Å². The maximum atomic E-state index is 13.2. The largest absolute Gasteiger partial charge is 0.383 e. The molecule has 0 saturated heterocycles. The summed E-state index contributed by atoms with van der Waals surface area (Å²) in [5, 5.41) is 7.95. The summed E-state index contributed by atoms with van der Waals surface area (Å²) in [5.41, 5.74) is 6.31. The maximum absolute atomic E-state index is 13.2. The van der Waals surface area contributed by atoms with Crippen molar-refractivity contribution in [3.63, 3.8) is 0 Å². The van der Waals surface area contributed by atoms with Crippen molar-refractivity contribution in [2.24, 2.45) is 0 Å². The first kappa shape index (κ1) is 20.8. The Morgan fingerprint density at radius 2 is 1.72 bits per heavy atom. The minimum atomic E-state index is -0.748. The summed E-state index contributed by atoms with van der Waals surface area (Å²) >= 11 is 0. The van der Waals surface area contributed by atoms with E-state index in [4.69, 9.17) is 5.73 Å². The molecule has 0 saturated carbocycles. The first-order valence-corrected chi connectivity index (χ1v) is 9.95. The third-order valence-electron chi connectivity index (χ3n) is 4.96. The number of aromatic amines is 1. The van der Waals surface area contributed by atoms with E-state index in [-0.39, 0.29) is 30.3 Å². The highest BCUT2D eigenvalue weighted by Gasteiger charge is 2.26. The molecule has 0 radical (unpaired) electrons. The molecule has 32 heavy (non-hydrogen) atoms. The van der Waals surface area contributed by atoms with Gasteiger partial charge in [0.25, 0.3) is 11.5 Å². The molecule has 4 aromatic rings. The molecule has 0 fully saturated rings. The molecule has 0 unspecified atom stereocenters. The highest BCUT2D eigenvalue weighted by molar-refractivity contribution is 6.05. The quantitative estimate of drug-likeness (QED) is 0.474. The lowest BCUT2D eigenvalue weighted by atomic mass is 10.2. The summed E-state index contributed by atoms with van der Waals surface area (Å²) in [6, 6.07) is 18.4. The van der Waals surface area contributed by atoms with Crippen LogP contribution in [0.25, 0.3) is 5.69 Å². The number of amides is 1. The molecule has 3 N–H and O–H groups in total. The number of anilines is 2. The number of aromatic nitrogens is 5. The van der Waals surface area contributed by atoms with Gasteiger partial charge in [0, 0.05) is 6.54 Å². The topological polar surface area (TPSA) is 132 Å². The van der Waals surface area contributed by atoms with Crippen molar-refractivity contribution in [1.29, 1.82) is 0 Å². The van der Waals surface area contributed by atoms with Crippen molar-refractivity contribution < 1.29 is 4.79 Å². The minimum Gasteiger partial charge on any atom is -0.383 e. The maximum Gasteiger partial charge on any atom is 0.330 e. The first-order valence-electron chi connectivity index (χ1n) is 9.95. The Kier molecular flexibility index (Phi) is 5.67. The molecule has 4 rings (SSSR count). The molecule has 1 amide bonds. The molecule has 0 aliphatic rings. The summed E-state index contributed by atoms with van der Waals surface area (Å²) < 4.78 is 2.69. The van der Waals surface area contributed by atoms with Crippen LogP contribution in [0.1, 0.15) is 23.0 Å². The molecule has 162 valence electrons. The fraction of sp³-hybridized carbons (Fsp3) is 0.136. The van der Waals surface area contributed by atoms with Crippen LogP contribution in [0.3, 0.4) is 0 Å². The zero-order chi connectivity index (χ0) is 22.7. The van der Waals surface area contributed by atoms with Crippen LogP contribution in [0.15, 0.2) is 76.4 Å². The molecule has 10 heteroatoms. The van der Waals surface area contributed by atoms with Gasteiger partial charge in [-0.25, -0.2) is 9.48 Å². The number of para-hydroxylation sites is 1. The third kappa shape index (κ3) is 3.93. The van der Waals surface area contributed by atoms with Crippen LogP contribution in [-0.2, 0) is 6.54 Å². The number of nitrogens with zero attached hydrogens (tertiary/aromatic N) is 5. The highest BCUT2D eigenvalue weighted by Crippen LogP contribution is 2.20. The number of hydrogen-bond donors (Lipinski definition) is 2. The first-order chi connectivity index (χ1) is 15.5. The van der Waals surface area contributed by atoms with Crippen molar-refractivity contribution in [2.75, 3.05) is 17.2 Å². The number of rotatable bonds is 6. The van der Waals surface area contributed by atoms with E-state index >= 15 is 0 Å². The molecule has 0 atom stereocenters. The number of carbonyl (C=O) groups is 1. The molecule has 0 spiro atoms. The molecule has 10 nitrogen and oxygen atoms in total. The van der Waals surface area contributed by atoms with Gasteiger partial charge in [-0.05, 0) is 24.6 Å². The zero-order valence-electron chi connectivity index (χ0n) is 17.3. The van der Waals surface area contributed by atoms with E-state index in [0.717, 1.165) is 11.3 Å². The predicted octanol–water partition coefficient (Wildman–Crippen LogP) is 1.41. The van der Waals surface area contributed by atoms with Gasteiger partial charge >= 0.3 is 5.69 Å². The van der Waals surface area contributed by atoms with Gasteiger partial charge in [0.2, 0.25) is 0 Å². The lowest BCUT2D eigenvalue weighted by Gasteiger charge is -2.22. The van der Waals surface area contributed by atoms with E-state index in [2.05, 4.69) is 15.3 Å². The molecule has 0 bridgehead atoms. The van der Waals surface area contributed by atoms with Crippen LogP contribution in [0, 0.1) is 0 Å². The molecular weight excluding hydrogens is 410 g/mol. The summed E-state index contributed by atoms with van der Waals surface area (Å²) in [6.45, 7) is 1.98. The van der Waals surface area contributed by atoms with Crippen molar-refractivity contribution >= 4 is 17.4 Å². The predicted molar refractivity (Wildman–Crippen MR) is 120 cm³/mol. The van der Waals surface area contributed by atoms with Crippen molar-refractivity contribution in [3.8, 4) is 5.69 Å². The van der Waals surface area contributed by atoms with E-state index in [1.807, 2.05) is 60.7 Å². The third-order valence-corrected chi connectivity index (χ3v) is 4.96. The highest BCUT2D eigenvalue weighted by atomic mass is 16.2. The minimum absolute atomic E-state index is 0.0373. The van der Waals surface area contributed by atoms with Crippen LogP contribution in [0.5, 0.6) is 0 Å². The fourth-order valence-corrected chi connectivity index (χ4v) is 3.37. The average Bonchev–Trinajstić information content (AvgIpc) is 3.31. The Labute approximate surface area is 182 Å². The molecule has 0 aliphatic heterocycles. The lowest BCUT2D eigenvalue weighted by molar-refractivity contribution is 0.0983. The smallest absolute Gasteiger partial charge is 0.330 e. The molecular formula is C22H21N7O3. The Morgan fingerprint density at radius 3 is 2.38 bits per heavy atom. The second kappa shape index (κ2) is 8.72. The van der Waals surface area contributed by atoms with Gasteiger partial charge in [0.05, 0.1) is 18.4 Å². The van der Waals surface area contributed by atoms with Gasteiger partial charge in [0.15, 0.2) is 11.4 Å².